The second-order valence-electron chi connectivity index (χ2n) is 8.50. The van der Waals surface area contributed by atoms with Crippen molar-refractivity contribution in [1.82, 2.24) is 10.6 Å². The van der Waals surface area contributed by atoms with Crippen LogP contribution in [0.5, 0.6) is 5.75 Å². The van der Waals surface area contributed by atoms with Crippen LogP contribution in [0.25, 0.3) is 0 Å². The molecule has 0 aromatic heterocycles. The van der Waals surface area contributed by atoms with E-state index in [1.165, 1.54) is 5.69 Å². The number of amides is 2. The van der Waals surface area contributed by atoms with Gasteiger partial charge in [-0.25, -0.2) is 4.79 Å². The average Bonchev–Trinajstić information content (AvgIpc) is 2.85. The van der Waals surface area contributed by atoms with Gasteiger partial charge in [-0.15, -0.1) is 0 Å². The number of nitrogens with one attached hydrogen (secondary N) is 2. The van der Waals surface area contributed by atoms with E-state index in [0.717, 1.165) is 63.3 Å². The first kappa shape index (κ1) is 21.8. The fourth-order valence-corrected chi connectivity index (χ4v) is 4.52. The van der Waals surface area contributed by atoms with Gasteiger partial charge >= 0.3 is 6.03 Å². The molecule has 2 heterocycles. The first-order valence-corrected chi connectivity index (χ1v) is 11.4. The highest BCUT2D eigenvalue weighted by molar-refractivity contribution is 5.74. The molecule has 2 N–H and O–H groups in total. The van der Waals surface area contributed by atoms with Gasteiger partial charge < -0.3 is 25.2 Å². The summed E-state index contributed by atoms with van der Waals surface area (Å²) in [5.74, 6) is 0.865. The van der Waals surface area contributed by atoms with Crippen LogP contribution in [0.4, 0.5) is 16.2 Å². The molecule has 2 aromatic carbocycles. The van der Waals surface area contributed by atoms with Crippen molar-refractivity contribution < 1.29 is 9.53 Å². The Labute approximate surface area is 190 Å². The molecular formula is C25H31N5O2. The lowest BCUT2D eigenvalue weighted by molar-refractivity contribution is 0.228. The lowest BCUT2D eigenvalue weighted by Crippen LogP contribution is -2.52. The Bertz CT molecular complexity index is 922. The normalized spacial score (nSPS) is 17.5. The Morgan fingerprint density at radius 2 is 1.28 bits per heavy atom. The molecule has 2 aliphatic rings. The van der Waals surface area contributed by atoms with Gasteiger partial charge in [-0.05, 0) is 74.2 Å². The number of nitrogens with zero attached hydrogens (tertiary/aromatic N) is 3. The largest absolute Gasteiger partial charge is 0.497 e. The Hall–Kier alpha value is -3.40. The number of rotatable bonds is 5. The van der Waals surface area contributed by atoms with E-state index >= 15 is 0 Å². The van der Waals surface area contributed by atoms with Crippen molar-refractivity contribution in [3.63, 3.8) is 0 Å². The zero-order valence-corrected chi connectivity index (χ0v) is 18.6. The van der Waals surface area contributed by atoms with Gasteiger partial charge in [0.15, 0.2) is 0 Å². The summed E-state index contributed by atoms with van der Waals surface area (Å²) >= 11 is 0. The monoisotopic (exact) mass is 433 g/mol. The van der Waals surface area contributed by atoms with Crippen molar-refractivity contribution in [2.24, 2.45) is 0 Å². The number of piperidine rings is 2. The predicted octanol–water partition coefficient (Wildman–Crippen LogP) is 3.50. The molecule has 2 fully saturated rings. The number of ether oxygens (including phenoxy) is 1. The highest BCUT2D eigenvalue weighted by Crippen LogP contribution is 2.23. The number of urea groups is 1. The van der Waals surface area contributed by atoms with Gasteiger partial charge in [-0.2, -0.15) is 5.26 Å². The molecule has 32 heavy (non-hydrogen) atoms. The van der Waals surface area contributed by atoms with Crippen LogP contribution in [-0.2, 0) is 0 Å². The van der Waals surface area contributed by atoms with E-state index in [0.29, 0.717) is 5.56 Å². The third-order valence-electron chi connectivity index (χ3n) is 6.46. The molecule has 2 saturated heterocycles. The molecule has 168 valence electrons. The van der Waals surface area contributed by atoms with E-state index in [1.54, 1.807) is 7.11 Å². The van der Waals surface area contributed by atoms with Crippen LogP contribution in [-0.4, -0.2) is 51.4 Å². The van der Waals surface area contributed by atoms with Crippen molar-refractivity contribution in [2.75, 3.05) is 43.1 Å². The Morgan fingerprint density at radius 1 is 0.844 bits per heavy atom. The van der Waals surface area contributed by atoms with Crippen LogP contribution < -0.4 is 25.2 Å². The number of nitriles is 1. The first-order valence-electron chi connectivity index (χ1n) is 11.4. The maximum Gasteiger partial charge on any atom is 0.315 e. The molecule has 2 aromatic rings. The maximum absolute atomic E-state index is 12.5. The molecule has 2 amide bonds. The predicted molar refractivity (Wildman–Crippen MR) is 126 cm³/mol. The Morgan fingerprint density at radius 3 is 1.69 bits per heavy atom. The quantitative estimate of drug-likeness (QED) is 0.754. The van der Waals surface area contributed by atoms with Gasteiger partial charge in [0.2, 0.25) is 0 Å². The summed E-state index contributed by atoms with van der Waals surface area (Å²) in [5.41, 5.74) is 3.01. The number of anilines is 2. The number of hydrogen-bond donors (Lipinski definition) is 2. The molecule has 4 rings (SSSR count). The number of methoxy groups -OCH3 is 1. The molecule has 0 spiro atoms. The zero-order valence-electron chi connectivity index (χ0n) is 18.6. The number of benzene rings is 2. The zero-order chi connectivity index (χ0) is 22.3. The fraction of sp³-hybridized carbons (Fsp3) is 0.440. The summed E-state index contributed by atoms with van der Waals surface area (Å²) in [4.78, 5) is 17.2. The molecule has 0 radical (unpaired) electrons. The van der Waals surface area contributed by atoms with Crippen molar-refractivity contribution in [3.8, 4) is 11.8 Å². The lowest BCUT2D eigenvalue weighted by atomic mass is 10.0. The third-order valence-corrected chi connectivity index (χ3v) is 6.46. The van der Waals surface area contributed by atoms with Crippen LogP contribution in [0.15, 0.2) is 48.5 Å². The topological polar surface area (TPSA) is 80.6 Å². The van der Waals surface area contributed by atoms with Crippen molar-refractivity contribution in [3.05, 3.63) is 54.1 Å². The van der Waals surface area contributed by atoms with Crippen molar-refractivity contribution in [1.29, 1.82) is 5.26 Å². The molecule has 0 aliphatic carbocycles. The van der Waals surface area contributed by atoms with E-state index in [1.807, 2.05) is 36.4 Å². The van der Waals surface area contributed by atoms with Crippen molar-refractivity contribution >= 4 is 17.4 Å². The van der Waals surface area contributed by atoms with Gasteiger partial charge in [0.05, 0.1) is 18.7 Å². The van der Waals surface area contributed by atoms with E-state index in [9.17, 15) is 4.79 Å². The Kier molecular flexibility index (Phi) is 7.00. The summed E-state index contributed by atoms with van der Waals surface area (Å²) < 4.78 is 5.23. The highest BCUT2D eigenvalue weighted by atomic mass is 16.5. The van der Waals surface area contributed by atoms with Crippen LogP contribution in [0.1, 0.15) is 31.2 Å². The number of carbonyl (C=O) groups excluding carboxylic acids is 1. The average molecular weight is 434 g/mol. The molecule has 7 heteroatoms. The van der Waals surface area contributed by atoms with Crippen LogP contribution >= 0.6 is 0 Å². The second-order valence-corrected chi connectivity index (χ2v) is 8.50. The van der Waals surface area contributed by atoms with E-state index in [2.05, 4.69) is 38.6 Å². The fourth-order valence-electron chi connectivity index (χ4n) is 4.52. The summed E-state index contributed by atoms with van der Waals surface area (Å²) in [6, 6.07) is 18.4. The minimum absolute atomic E-state index is 0.0512. The van der Waals surface area contributed by atoms with E-state index in [4.69, 9.17) is 10.00 Å². The van der Waals surface area contributed by atoms with Gasteiger partial charge in [0, 0.05) is 49.6 Å². The molecule has 7 nitrogen and oxygen atoms in total. The van der Waals surface area contributed by atoms with E-state index in [-0.39, 0.29) is 18.1 Å². The second kappa shape index (κ2) is 10.3. The molecule has 2 aliphatic heterocycles. The minimum atomic E-state index is -0.0512. The summed E-state index contributed by atoms with van der Waals surface area (Å²) in [6.07, 6.45) is 3.72. The van der Waals surface area contributed by atoms with Gasteiger partial charge in [-0.3, -0.25) is 0 Å². The van der Waals surface area contributed by atoms with Crippen LogP contribution in [0.2, 0.25) is 0 Å². The standard InChI is InChI=1S/C25H31N5O2/c1-32-24-8-6-23(7-9-24)30-16-12-21(13-17-30)28-25(31)27-20-10-14-29(15-11-20)22-4-2-19(18-26)3-5-22/h2-9,20-21H,10-17H2,1H3,(H2,27,28,31). The van der Waals surface area contributed by atoms with Crippen LogP contribution in [0, 0.1) is 11.3 Å². The lowest BCUT2D eigenvalue weighted by Gasteiger charge is -2.36. The van der Waals surface area contributed by atoms with Gasteiger partial charge in [0.25, 0.3) is 0 Å². The van der Waals surface area contributed by atoms with Crippen molar-refractivity contribution in [2.45, 2.75) is 37.8 Å². The molecule has 0 unspecified atom stereocenters. The van der Waals surface area contributed by atoms with Crippen LogP contribution in [0.3, 0.4) is 0 Å². The first-order chi connectivity index (χ1) is 15.6. The number of hydrogen-bond acceptors (Lipinski definition) is 5. The van der Waals surface area contributed by atoms with Gasteiger partial charge in [0.1, 0.15) is 5.75 Å². The molecule has 0 bridgehead atoms. The SMILES string of the molecule is COc1ccc(N2CCC(NC(=O)NC3CCN(c4ccc(C#N)cc4)CC3)CC2)cc1. The molecule has 0 atom stereocenters. The molecular weight excluding hydrogens is 402 g/mol. The maximum atomic E-state index is 12.5. The minimum Gasteiger partial charge on any atom is -0.497 e. The highest BCUT2D eigenvalue weighted by Gasteiger charge is 2.24. The summed E-state index contributed by atoms with van der Waals surface area (Å²) in [7, 11) is 1.68. The van der Waals surface area contributed by atoms with E-state index < -0.39 is 0 Å². The smallest absolute Gasteiger partial charge is 0.315 e. The summed E-state index contributed by atoms with van der Waals surface area (Å²) in [6.45, 7) is 3.66. The number of carbonyl (C=O) groups is 1. The van der Waals surface area contributed by atoms with Gasteiger partial charge in [-0.1, -0.05) is 0 Å². The third kappa shape index (κ3) is 5.44. The Balaban J connectivity index is 1.17. The molecule has 0 saturated carbocycles. The summed E-state index contributed by atoms with van der Waals surface area (Å²) in [5, 5.41) is 15.3.